The van der Waals surface area contributed by atoms with Crippen LogP contribution >= 0.6 is 0 Å². The second-order valence-electron chi connectivity index (χ2n) is 4.87. The fraction of sp³-hybridized carbons (Fsp3) is 0.125. The molecule has 0 aliphatic carbocycles. The summed E-state index contributed by atoms with van der Waals surface area (Å²) in [6.45, 7) is 3.44. The first-order valence-electron chi connectivity index (χ1n) is 6.32. The van der Waals surface area contributed by atoms with Gasteiger partial charge in [0.2, 0.25) is 0 Å². The first kappa shape index (κ1) is 12.5. The van der Waals surface area contributed by atoms with Crippen LogP contribution < -0.4 is 5.56 Å². The molecule has 0 aliphatic rings. The minimum Gasteiger partial charge on any atom is -0.267 e. The van der Waals surface area contributed by atoms with Crippen molar-refractivity contribution in [3.05, 3.63) is 63.7 Å². The van der Waals surface area contributed by atoms with Crippen LogP contribution in [0.2, 0.25) is 0 Å². The van der Waals surface area contributed by atoms with Crippen LogP contribution in [0.3, 0.4) is 0 Å². The van der Waals surface area contributed by atoms with E-state index in [0.717, 1.165) is 10.9 Å². The lowest BCUT2D eigenvalue weighted by molar-refractivity contribution is 0.609. The predicted molar refractivity (Wildman–Crippen MR) is 77.2 cm³/mol. The van der Waals surface area contributed by atoms with Gasteiger partial charge in [-0.1, -0.05) is 18.2 Å². The van der Waals surface area contributed by atoms with E-state index < -0.39 is 0 Å². The molecule has 2 aromatic carbocycles. The Kier molecular flexibility index (Phi) is 2.86. The Bertz CT molecular complexity index is 845. The Hall–Kier alpha value is -2.49. The summed E-state index contributed by atoms with van der Waals surface area (Å²) in [4.78, 5) is 11.8. The molecule has 20 heavy (non-hydrogen) atoms. The number of fused-ring (bicyclic) bond motifs is 1. The third-order valence-corrected chi connectivity index (χ3v) is 3.41. The highest BCUT2D eigenvalue weighted by Gasteiger charge is 2.11. The highest BCUT2D eigenvalue weighted by atomic mass is 19.1. The maximum absolute atomic E-state index is 13.7. The Morgan fingerprint density at radius 1 is 1.05 bits per heavy atom. The average Bonchev–Trinajstić information content (AvgIpc) is 2.45. The van der Waals surface area contributed by atoms with E-state index in [1.807, 2.05) is 18.2 Å². The first-order chi connectivity index (χ1) is 9.58. The molecule has 4 heteroatoms. The van der Waals surface area contributed by atoms with Crippen molar-refractivity contribution in [3.8, 4) is 11.3 Å². The molecule has 3 aromatic rings. The summed E-state index contributed by atoms with van der Waals surface area (Å²) < 4.78 is 13.7. The Labute approximate surface area is 115 Å². The molecular formula is C16H13FN2O. The van der Waals surface area contributed by atoms with Gasteiger partial charge in [-0.05, 0) is 43.2 Å². The zero-order valence-electron chi connectivity index (χ0n) is 11.2. The molecule has 1 heterocycles. The zero-order chi connectivity index (χ0) is 14.3. The van der Waals surface area contributed by atoms with Gasteiger partial charge in [-0.3, -0.25) is 4.79 Å². The maximum atomic E-state index is 13.7. The quantitative estimate of drug-likeness (QED) is 0.735. The summed E-state index contributed by atoms with van der Waals surface area (Å²) >= 11 is 0. The van der Waals surface area contributed by atoms with Gasteiger partial charge in [0.25, 0.3) is 5.56 Å². The number of rotatable bonds is 1. The Morgan fingerprint density at radius 3 is 2.30 bits per heavy atom. The average molecular weight is 268 g/mol. The van der Waals surface area contributed by atoms with Gasteiger partial charge in [0, 0.05) is 10.9 Å². The number of H-pyrrole nitrogens is 1. The van der Waals surface area contributed by atoms with Crippen molar-refractivity contribution in [2.45, 2.75) is 13.8 Å². The molecule has 1 N–H and O–H groups in total. The van der Waals surface area contributed by atoms with Crippen LogP contribution in [-0.4, -0.2) is 10.2 Å². The van der Waals surface area contributed by atoms with Crippen molar-refractivity contribution >= 4 is 10.8 Å². The van der Waals surface area contributed by atoms with E-state index in [4.69, 9.17) is 0 Å². The Balaban J connectivity index is 2.36. The van der Waals surface area contributed by atoms with Gasteiger partial charge in [0.05, 0.1) is 11.1 Å². The topological polar surface area (TPSA) is 45.8 Å². The molecule has 0 fully saturated rings. The van der Waals surface area contributed by atoms with E-state index in [-0.39, 0.29) is 11.4 Å². The maximum Gasteiger partial charge on any atom is 0.272 e. The predicted octanol–water partition coefficient (Wildman–Crippen LogP) is 3.35. The van der Waals surface area contributed by atoms with E-state index in [9.17, 15) is 9.18 Å². The van der Waals surface area contributed by atoms with Crippen molar-refractivity contribution in [1.29, 1.82) is 0 Å². The first-order valence-corrected chi connectivity index (χ1v) is 6.32. The monoisotopic (exact) mass is 268 g/mol. The Morgan fingerprint density at radius 2 is 1.65 bits per heavy atom. The standard InChI is InChI=1S/C16H13FN2O/c1-9-7-11(8-10(2)14(9)17)15-12-5-3-4-6-13(12)16(20)19-18-15/h3-8H,1-2H3,(H,19,20). The van der Waals surface area contributed by atoms with Gasteiger partial charge >= 0.3 is 0 Å². The fourth-order valence-corrected chi connectivity index (χ4v) is 2.42. The number of nitrogens with zero attached hydrogens (tertiary/aromatic N) is 1. The lowest BCUT2D eigenvalue weighted by Crippen LogP contribution is -2.09. The van der Waals surface area contributed by atoms with Crippen molar-refractivity contribution in [2.75, 3.05) is 0 Å². The van der Waals surface area contributed by atoms with Crippen molar-refractivity contribution < 1.29 is 4.39 Å². The number of benzene rings is 2. The minimum atomic E-state index is -0.222. The van der Waals surface area contributed by atoms with Crippen LogP contribution in [0.4, 0.5) is 4.39 Å². The number of aromatic amines is 1. The summed E-state index contributed by atoms with van der Waals surface area (Å²) in [6.07, 6.45) is 0. The van der Waals surface area contributed by atoms with Crippen LogP contribution in [0.25, 0.3) is 22.0 Å². The molecule has 0 amide bonds. The van der Waals surface area contributed by atoms with Crippen LogP contribution in [0.5, 0.6) is 0 Å². The molecule has 0 spiro atoms. The molecular weight excluding hydrogens is 255 g/mol. The van der Waals surface area contributed by atoms with Crippen LogP contribution in [0, 0.1) is 19.7 Å². The van der Waals surface area contributed by atoms with Crippen molar-refractivity contribution in [2.24, 2.45) is 0 Å². The van der Waals surface area contributed by atoms with E-state index in [0.29, 0.717) is 22.2 Å². The number of hydrogen-bond donors (Lipinski definition) is 1. The normalized spacial score (nSPS) is 10.9. The molecule has 0 radical (unpaired) electrons. The number of nitrogens with one attached hydrogen (secondary N) is 1. The molecule has 0 unspecified atom stereocenters. The van der Waals surface area contributed by atoms with Crippen LogP contribution in [-0.2, 0) is 0 Å². The number of halogens is 1. The van der Waals surface area contributed by atoms with Crippen LogP contribution in [0.1, 0.15) is 11.1 Å². The fourth-order valence-electron chi connectivity index (χ4n) is 2.42. The lowest BCUT2D eigenvalue weighted by Gasteiger charge is -2.08. The van der Waals surface area contributed by atoms with Gasteiger partial charge in [-0.25, -0.2) is 9.49 Å². The number of aryl methyl sites for hydroxylation is 2. The highest BCUT2D eigenvalue weighted by molar-refractivity contribution is 5.93. The summed E-state index contributed by atoms with van der Waals surface area (Å²) in [5.41, 5.74) is 2.37. The molecule has 1 aromatic heterocycles. The molecule has 0 aliphatic heterocycles. The molecule has 3 nitrogen and oxygen atoms in total. The van der Waals surface area contributed by atoms with Crippen molar-refractivity contribution in [3.63, 3.8) is 0 Å². The number of hydrogen-bond acceptors (Lipinski definition) is 2. The lowest BCUT2D eigenvalue weighted by atomic mass is 10.0. The number of aromatic nitrogens is 2. The van der Waals surface area contributed by atoms with Crippen LogP contribution in [0.15, 0.2) is 41.2 Å². The SMILES string of the molecule is Cc1cc(-c2n[nH]c(=O)c3ccccc23)cc(C)c1F. The molecule has 0 atom stereocenters. The minimum absolute atomic E-state index is 0.206. The van der Waals surface area contributed by atoms with E-state index in [1.165, 1.54) is 0 Å². The van der Waals surface area contributed by atoms with Gasteiger partial charge in [-0.2, -0.15) is 5.10 Å². The van der Waals surface area contributed by atoms with E-state index >= 15 is 0 Å². The second kappa shape index (κ2) is 4.56. The summed E-state index contributed by atoms with van der Waals surface area (Å²) in [5.74, 6) is -0.206. The zero-order valence-corrected chi connectivity index (χ0v) is 11.2. The smallest absolute Gasteiger partial charge is 0.267 e. The van der Waals surface area contributed by atoms with Gasteiger partial charge in [0.1, 0.15) is 5.82 Å². The molecule has 0 bridgehead atoms. The molecule has 3 rings (SSSR count). The summed E-state index contributed by atoms with van der Waals surface area (Å²) in [7, 11) is 0. The second-order valence-corrected chi connectivity index (χ2v) is 4.87. The highest BCUT2D eigenvalue weighted by Crippen LogP contribution is 2.27. The largest absolute Gasteiger partial charge is 0.272 e. The third-order valence-electron chi connectivity index (χ3n) is 3.41. The summed E-state index contributed by atoms with van der Waals surface area (Å²) in [6, 6.07) is 10.8. The van der Waals surface area contributed by atoms with Gasteiger partial charge < -0.3 is 0 Å². The molecule has 0 saturated heterocycles. The molecule has 0 saturated carbocycles. The molecule has 100 valence electrons. The van der Waals surface area contributed by atoms with E-state index in [2.05, 4.69) is 10.2 Å². The summed E-state index contributed by atoms with van der Waals surface area (Å²) in [5, 5.41) is 7.97. The van der Waals surface area contributed by atoms with E-state index in [1.54, 1.807) is 32.0 Å². The van der Waals surface area contributed by atoms with Gasteiger partial charge in [0.15, 0.2) is 0 Å². The van der Waals surface area contributed by atoms with Crippen molar-refractivity contribution in [1.82, 2.24) is 10.2 Å². The third kappa shape index (κ3) is 1.90. The van der Waals surface area contributed by atoms with Gasteiger partial charge in [-0.15, -0.1) is 0 Å².